The molecule has 2 N–H and O–H groups in total. The third-order valence-corrected chi connectivity index (χ3v) is 6.26. The van der Waals surface area contributed by atoms with Crippen LogP contribution in [-0.4, -0.2) is 54.7 Å². The molecular formula is C22H23N7OS. The second kappa shape index (κ2) is 8.16. The molecule has 1 fully saturated rings. The lowest BCUT2D eigenvalue weighted by Gasteiger charge is -2.35. The Morgan fingerprint density at radius 2 is 1.87 bits per heavy atom. The topological polar surface area (TPSA) is 100.0 Å². The number of hydrogen-bond donors (Lipinski definition) is 2. The molecule has 1 aliphatic rings. The van der Waals surface area contributed by atoms with Crippen molar-refractivity contribution in [1.29, 1.82) is 0 Å². The van der Waals surface area contributed by atoms with Gasteiger partial charge in [0.2, 0.25) is 5.95 Å². The highest BCUT2D eigenvalue weighted by Crippen LogP contribution is 2.33. The van der Waals surface area contributed by atoms with Crippen LogP contribution in [0.5, 0.6) is 5.75 Å². The Labute approximate surface area is 184 Å². The maximum absolute atomic E-state index is 10.7. The summed E-state index contributed by atoms with van der Waals surface area (Å²) in [6.07, 6.45) is 1.68. The van der Waals surface area contributed by atoms with Crippen LogP contribution in [0.3, 0.4) is 0 Å². The van der Waals surface area contributed by atoms with Crippen molar-refractivity contribution in [1.82, 2.24) is 29.2 Å². The fraction of sp³-hybridized carbons (Fsp3) is 0.318. The second-order valence-corrected chi connectivity index (χ2v) is 8.62. The summed E-state index contributed by atoms with van der Waals surface area (Å²) in [6.45, 7) is 7.03. The standard InChI is InChI=1S/C22H23N7OS/c1-13(2)20-12-29(8-7-23-20)22-24-11-19(25-26-22)16-5-3-15(10-21(16)30)14-4-6-17-18(9-14)28-31-27-17/h3-6,9-11,13,20,23,30H,7-8,12H2,1-2H3. The van der Waals surface area contributed by atoms with Crippen LogP contribution >= 0.6 is 11.7 Å². The molecule has 9 heteroatoms. The number of benzene rings is 2. The Balaban J connectivity index is 1.37. The largest absolute Gasteiger partial charge is 0.507 e. The minimum absolute atomic E-state index is 0.139. The highest BCUT2D eigenvalue weighted by molar-refractivity contribution is 7.00. The smallest absolute Gasteiger partial charge is 0.245 e. The minimum Gasteiger partial charge on any atom is -0.507 e. The molecule has 1 saturated heterocycles. The van der Waals surface area contributed by atoms with E-state index in [-0.39, 0.29) is 5.75 Å². The minimum atomic E-state index is 0.139. The highest BCUT2D eigenvalue weighted by Gasteiger charge is 2.23. The van der Waals surface area contributed by atoms with Gasteiger partial charge in [0.05, 0.1) is 17.9 Å². The molecule has 8 nitrogen and oxygen atoms in total. The molecule has 5 rings (SSSR count). The lowest BCUT2D eigenvalue weighted by molar-refractivity contribution is 0.365. The molecule has 2 aromatic carbocycles. The van der Waals surface area contributed by atoms with Crippen molar-refractivity contribution in [2.75, 3.05) is 24.5 Å². The summed E-state index contributed by atoms with van der Waals surface area (Å²) in [4.78, 5) is 6.68. The van der Waals surface area contributed by atoms with Gasteiger partial charge in [-0.2, -0.15) is 8.75 Å². The van der Waals surface area contributed by atoms with Crippen LogP contribution in [-0.2, 0) is 0 Å². The van der Waals surface area contributed by atoms with Crippen LogP contribution in [0.2, 0.25) is 0 Å². The van der Waals surface area contributed by atoms with Gasteiger partial charge in [-0.05, 0) is 41.3 Å². The number of anilines is 1. The summed E-state index contributed by atoms with van der Waals surface area (Å²) in [5.74, 6) is 1.30. The summed E-state index contributed by atoms with van der Waals surface area (Å²) < 4.78 is 8.52. The monoisotopic (exact) mass is 433 g/mol. The van der Waals surface area contributed by atoms with E-state index in [9.17, 15) is 5.11 Å². The van der Waals surface area contributed by atoms with Gasteiger partial charge in [0.15, 0.2) is 0 Å². The van der Waals surface area contributed by atoms with Crippen LogP contribution in [0.25, 0.3) is 33.4 Å². The van der Waals surface area contributed by atoms with Gasteiger partial charge in [-0.25, -0.2) is 4.98 Å². The van der Waals surface area contributed by atoms with Crippen molar-refractivity contribution in [3.05, 3.63) is 42.6 Å². The van der Waals surface area contributed by atoms with Crippen LogP contribution in [0, 0.1) is 5.92 Å². The number of aromatic hydroxyl groups is 1. The van der Waals surface area contributed by atoms with Crippen molar-refractivity contribution in [2.24, 2.45) is 5.92 Å². The van der Waals surface area contributed by atoms with E-state index < -0.39 is 0 Å². The van der Waals surface area contributed by atoms with Gasteiger partial charge in [0.25, 0.3) is 0 Å². The number of fused-ring (bicyclic) bond motifs is 1. The molecule has 0 spiro atoms. The van der Waals surface area contributed by atoms with E-state index in [1.807, 2.05) is 30.3 Å². The Morgan fingerprint density at radius 1 is 1.06 bits per heavy atom. The van der Waals surface area contributed by atoms with E-state index in [1.54, 1.807) is 12.3 Å². The Bertz CT molecular complexity index is 1210. The first-order chi connectivity index (χ1) is 15.1. The normalized spacial score (nSPS) is 16.9. The number of hydrogen-bond acceptors (Lipinski definition) is 9. The zero-order valence-electron chi connectivity index (χ0n) is 17.4. The van der Waals surface area contributed by atoms with Gasteiger partial charge in [0, 0.05) is 31.2 Å². The Kier molecular flexibility index (Phi) is 5.21. The molecule has 158 valence electrons. The molecule has 1 aliphatic heterocycles. The predicted molar refractivity (Wildman–Crippen MR) is 122 cm³/mol. The van der Waals surface area contributed by atoms with Crippen LogP contribution in [0.4, 0.5) is 5.95 Å². The summed E-state index contributed by atoms with van der Waals surface area (Å²) in [5, 5.41) is 22.9. The van der Waals surface area contributed by atoms with E-state index in [0.717, 1.165) is 41.8 Å². The van der Waals surface area contributed by atoms with Gasteiger partial charge in [-0.1, -0.05) is 26.0 Å². The average molecular weight is 434 g/mol. The third-order valence-electron chi connectivity index (χ3n) is 5.70. The molecule has 0 saturated carbocycles. The lowest BCUT2D eigenvalue weighted by Crippen LogP contribution is -2.53. The first kappa shape index (κ1) is 19.8. The Morgan fingerprint density at radius 3 is 2.65 bits per heavy atom. The van der Waals surface area contributed by atoms with Crippen molar-refractivity contribution < 1.29 is 5.11 Å². The van der Waals surface area contributed by atoms with Gasteiger partial charge < -0.3 is 15.3 Å². The zero-order valence-corrected chi connectivity index (χ0v) is 18.2. The molecule has 3 heterocycles. The highest BCUT2D eigenvalue weighted by atomic mass is 32.1. The molecule has 4 aromatic rings. The van der Waals surface area contributed by atoms with Gasteiger partial charge in [0.1, 0.15) is 22.5 Å². The van der Waals surface area contributed by atoms with Crippen LogP contribution in [0.1, 0.15) is 13.8 Å². The molecule has 1 unspecified atom stereocenters. The number of rotatable bonds is 4. The Hall–Kier alpha value is -3.17. The first-order valence-electron chi connectivity index (χ1n) is 10.3. The van der Waals surface area contributed by atoms with Crippen molar-refractivity contribution in [3.8, 4) is 28.1 Å². The first-order valence-corrected chi connectivity index (χ1v) is 11.1. The molecule has 0 amide bonds. The maximum atomic E-state index is 10.7. The lowest BCUT2D eigenvalue weighted by atomic mass is 10.0. The van der Waals surface area contributed by atoms with E-state index in [1.165, 1.54) is 11.7 Å². The summed E-state index contributed by atoms with van der Waals surface area (Å²) in [7, 11) is 0. The van der Waals surface area contributed by atoms with Crippen molar-refractivity contribution >= 4 is 28.7 Å². The number of nitrogens with zero attached hydrogens (tertiary/aromatic N) is 6. The van der Waals surface area contributed by atoms with Crippen molar-refractivity contribution in [3.63, 3.8) is 0 Å². The predicted octanol–water partition coefficient (Wildman–Crippen LogP) is 3.35. The second-order valence-electron chi connectivity index (χ2n) is 8.09. The molecular weight excluding hydrogens is 410 g/mol. The van der Waals surface area contributed by atoms with E-state index in [2.05, 4.69) is 48.0 Å². The summed E-state index contributed by atoms with van der Waals surface area (Å²) >= 11 is 1.19. The number of nitrogens with one attached hydrogen (secondary N) is 1. The third kappa shape index (κ3) is 3.94. The molecule has 1 atom stereocenters. The van der Waals surface area contributed by atoms with Gasteiger partial charge >= 0.3 is 0 Å². The zero-order chi connectivity index (χ0) is 21.4. The number of aromatic nitrogens is 5. The van der Waals surface area contributed by atoms with Crippen molar-refractivity contribution in [2.45, 2.75) is 19.9 Å². The number of phenols is 1. The maximum Gasteiger partial charge on any atom is 0.245 e. The number of phenolic OH excluding ortho intramolecular Hbond substituents is 1. The van der Waals surface area contributed by atoms with Crippen LogP contribution < -0.4 is 10.2 Å². The van der Waals surface area contributed by atoms with E-state index in [0.29, 0.717) is 29.2 Å². The molecule has 0 bridgehead atoms. The summed E-state index contributed by atoms with van der Waals surface area (Å²) in [6, 6.07) is 11.8. The van der Waals surface area contributed by atoms with E-state index in [4.69, 9.17) is 0 Å². The average Bonchev–Trinajstić information content (AvgIpc) is 3.27. The quantitative estimate of drug-likeness (QED) is 0.505. The summed E-state index contributed by atoms with van der Waals surface area (Å²) in [5.41, 5.74) is 4.74. The molecule has 0 radical (unpaired) electrons. The number of piperazine rings is 1. The van der Waals surface area contributed by atoms with E-state index >= 15 is 0 Å². The molecule has 0 aliphatic carbocycles. The van der Waals surface area contributed by atoms with Gasteiger partial charge in [-0.15, -0.1) is 10.2 Å². The SMILES string of the molecule is CC(C)C1CN(c2ncc(-c3ccc(-c4ccc5nsnc5c4)cc3O)nn2)CCN1. The molecule has 2 aromatic heterocycles. The van der Waals surface area contributed by atoms with Crippen LogP contribution in [0.15, 0.2) is 42.6 Å². The fourth-order valence-electron chi connectivity index (χ4n) is 3.83. The fourth-order valence-corrected chi connectivity index (χ4v) is 4.35. The van der Waals surface area contributed by atoms with Gasteiger partial charge in [-0.3, -0.25) is 0 Å². The molecule has 31 heavy (non-hydrogen) atoms.